The maximum atomic E-state index is 12.9. The minimum absolute atomic E-state index is 0.220. The van der Waals surface area contributed by atoms with Gasteiger partial charge >= 0.3 is 0 Å². The number of hydrogen-bond acceptors (Lipinski definition) is 1. The van der Waals surface area contributed by atoms with Gasteiger partial charge in [0.1, 0.15) is 11.6 Å². The number of ether oxygens (including phenoxy) is 1. The van der Waals surface area contributed by atoms with Crippen molar-refractivity contribution in [2.45, 2.75) is 6.92 Å². The predicted octanol–water partition coefficient (Wildman–Crippen LogP) is 2.75. The van der Waals surface area contributed by atoms with E-state index in [1.54, 1.807) is 20.1 Å². The lowest BCUT2D eigenvalue weighted by atomic mass is 10.2. The average Bonchev–Trinajstić information content (AvgIpc) is 1.99. The van der Waals surface area contributed by atoms with Crippen molar-refractivity contribution in [3.8, 4) is 5.75 Å². The Bertz CT molecular complexity index is 273. The second kappa shape index (κ2) is 3.38. The summed E-state index contributed by atoms with van der Waals surface area (Å²) < 4.78 is 18.8. The van der Waals surface area contributed by atoms with Crippen LogP contribution in [0.1, 0.15) is 5.56 Å². The van der Waals surface area contributed by atoms with E-state index in [1.165, 1.54) is 6.07 Å². The Hall–Kier alpha value is -0.320. The summed E-state index contributed by atoms with van der Waals surface area (Å²) in [5.41, 5.74) is 0.569. The second-order valence-electron chi connectivity index (χ2n) is 2.19. The van der Waals surface area contributed by atoms with Crippen LogP contribution in [0.15, 0.2) is 12.1 Å². The monoisotopic (exact) mass is 266 g/mol. The minimum atomic E-state index is -0.220. The molecular formula is C8H8FIO. The molecular weight excluding hydrogens is 258 g/mol. The van der Waals surface area contributed by atoms with E-state index >= 15 is 0 Å². The van der Waals surface area contributed by atoms with Crippen LogP contribution >= 0.6 is 22.6 Å². The largest absolute Gasteiger partial charge is 0.495 e. The Balaban J connectivity index is 3.29. The lowest BCUT2D eigenvalue weighted by Gasteiger charge is -2.06. The summed E-state index contributed by atoms with van der Waals surface area (Å²) in [4.78, 5) is 0. The van der Waals surface area contributed by atoms with Gasteiger partial charge in [-0.15, -0.1) is 0 Å². The smallest absolute Gasteiger partial charge is 0.138 e. The van der Waals surface area contributed by atoms with Gasteiger partial charge in [0, 0.05) is 5.56 Å². The van der Waals surface area contributed by atoms with Gasteiger partial charge in [0.15, 0.2) is 0 Å². The molecule has 0 unspecified atom stereocenters. The van der Waals surface area contributed by atoms with Crippen LogP contribution in [0, 0.1) is 16.3 Å². The first kappa shape index (κ1) is 8.77. The fourth-order valence-electron chi connectivity index (χ4n) is 0.885. The highest BCUT2D eigenvalue weighted by Gasteiger charge is 2.07. The van der Waals surface area contributed by atoms with Gasteiger partial charge < -0.3 is 4.74 Å². The number of benzene rings is 1. The van der Waals surface area contributed by atoms with Crippen molar-refractivity contribution in [1.29, 1.82) is 0 Å². The summed E-state index contributed by atoms with van der Waals surface area (Å²) >= 11 is 2.11. The van der Waals surface area contributed by atoms with Crippen molar-refractivity contribution >= 4 is 22.6 Å². The highest BCUT2D eigenvalue weighted by atomic mass is 127. The molecule has 0 N–H and O–H groups in total. The van der Waals surface area contributed by atoms with E-state index in [2.05, 4.69) is 22.6 Å². The topological polar surface area (TPSA) is 9.23 Å². The first-order valence-corrected chi connectivity index (χ1v) is 4.23. The SMILES string of the molecule is COc1c(I)ccc(F)c1C. The van der Waals surface area contributed by atoms with Crippen LogP contribution in [0.2, 0.25) is 0 Å². The molecule has 0 amide bonds. The van der Waals surface area contributed by atoms with Crippen LogP contribution < -0.4 is 4.74 Å². The van der Waals surface area contributed by atoms with Crippen molar-refractivity contribution in [3.63, 3.8) is 0 Å². The summed E-state index contributed by atoms with van der Waals surface area (Å²) in [5, 5.41) is 0. The first-order chi connectivity index (χ1) is 5.16. The highest BCUT2D eigenvalue weighted by molar-refractivity contribution is 14.1. The summed E-state index contributed by atoms with van der Waals surface area (Å²) in [6.07, 6.45) is 0. The van der Waals surface area contributed by atoms with Crippen molar-refractivity contribution in [3.05, 3.63) is 27.1 Å². The van der Waals surface area contributed by atoms with Gasteiger partial charge in [-0.1, -0.05) is 0 Å². The lowest BCUT2D eigenvalue weighted by molar-refractivity contribution is 0.404. The predicted molar refractivity (Wildman–Crippen MR) is 50.4 cm³/mol. The van der Waals surface area contributed by atoms with Crippen molar-refractivity contribution in [2.75, 3.05) is 7.11 Å². The molecule has 0 atom stereocenters. The minimum Gasteiger partial charge on any atom is -0.495 e. The zero-order chi connectivity index (χ0) is 8.43. The third kappa shape index (κ3) is 1.64. The molecule has 0 fully saturated rings. The first-order valence-electron chi connectivity index (χ1n) is 3.15. The third-order valence-corrected chi connectivity index (χ3v) is 2.35. The molecule has 0 saturated heterocycles. The standard InChI is InChI=1S/C8H8FIO/c1-5-6(9)3-4-7(10)8(5)11-2/h3-4H,1-2H3. The van der Waals surface area contributed by atoms with Gasteiger partial charge in [-0.05, 0) is 41.6 Å². The molecule has 11 heavy (non-hydrogen) atoms. The van der Waals surface area contributed by atoms with E-state index < -0.39 is 0 Å². The molecule has 0 saturated carbocycles. The molecule has 1 aromatic carbocycles. The van der Waals surface area contributed by atoms with Gasteiger partial charge in [0.25, 0.3) is 0 Å². The molecule has 1 aromatic rings. The molecule has 0 spiro atoms. The summed E-state index contributed by atoms with van der Waals surface area (Å²) in [6.45, 7) is 1.70. The summed E-state index contributed by atoms with van der Waals surface area (Å²) in [7, 11) is 1.55. The Morgan fingerprint density at radius 1 is 1.45 bits per heavy atom. The van der Waals surface area contributed by atoms with E-state index in [1.807, 2.05) is 0 Å². The maximum Gasteiger partial charge on any atom is 0.138 e. The van der Waals surface area contributed by atoms with Crippen LogP contribution in [0.25, 0.3) is 0 Å². The van der Waals surface area contributed by atoms with Crippen LogP contribution in [0.3, 0.4) is 0 Å². The molecule has 0 aliphatic carbocycles. The lowest BCUT2D eigenvalue weighted by Crippen LogP contribution is -1.93. The molecule has 0 heterocycles. The van der Waals surface area contributed by atoms with Gasteiger partial charge in [0.2, 0.25) is 0 Å². The maximum absolute atomic E-state index is 12.9. The Labute approximate surface area is 78.7 Å². The zero-order valence-corrected chi connectivity index (χ0v) is 8.48. The van der Waals surface area contributed by atoms with E-state index in [9.17, 15) is 4.39 Å². The number of hydrogen-bond donors (Lipinski definition) is 0. The summed E-state index contributed by atoms with van der Waals surface area (Å²) in [6, 6.07) is 3.14. The fraction of sp³-hybridized carbons (Fsp3) is 0.250. The van der Waals surface area contributed by atoms with Crippen molar-refractivity contribution < 1.29 is 9.13 Å². The van der Waals surface area contributed by atoms with Gasteiger partial charge in [-0.25, -0.2) is 4.39 Å². The van der Waals surface area contributed by atoms with E-state index in [-0.39, 0.29) is 5.82 Å². The van der Waals surface area contributed by atoms with Crippen molar-refractivity contribution in [1.82, 2.24) is 0 Å². The third-order valence-electron chi connectivity index (χ3n) is 1.50. The van der Waals surface area contributed by atoms with Crippen LogP contribution in [-0.2, 0) is 0 Å². The number of halogens is 2. The molecule has 0 aromatic heterocycles. The number of rotatable bonds is 1. The average molecular weight is 266 g/mol. The van der Waals surface area contributed by atoms with Crippen LogP contribution in [0.5, 0.6) is 5.75 Å². The molecule has 60 valence electrons. The molecule has 1 nitrogen and oxygen atoms in total. The number of methoxy groups -OCH3 is 1. The van der Waals surface area contributed by atoms with Crippen LogP contribution in [0.4, 0.5) is 4.39 Å². The van der Waals surface area contributed by atoms with E-state index in [4.69, 9.17) is 4.74 Å². The van der Waals surface area contributed by atoms with Crippen molar-refractivity contribution in [2.24, 2.45) is 0 Å². The molecule has 3 heteroatoms. The van der Waals surface area contributed by atoms with Gasteiger partial charge in [-0.2, -0.15) is 0 Å². The molecule has 0 bridgehead atoms. The zero-order valence-electron chi connectivity index (χ0n) is 6.32. The molecule has 1 rings (SSSR count). The molecule has 0 radical (unpaired) electrons. The quantitative estimate of drug-likeness (QED) is 0.710. The Morgan fingerprint density at radius 2 is 2.09 bits per heavy atom. The van der Waals surface area contributed by atoms with Crippen LogP contribution in [-0.4, -0.2) is 7.11 Å². The molecule has 0 aliphatic rings. The van der Waals surface area contributed by atoms with E-state index in [0.29, 0.717) is 11.3 Å². The van der Waals surface area contributed by atoms with E-state index in [0.717, 1.165) is 3.57 Å². The highest BCUT2D eigenvalue weighted by Crippen LogP contribution is 2.26. The fourth-order valence-corrected chi connectivity index (χ4v) is 1.69. The summed E-state index contributed by atoms with van der Waals surface area (Å²) in [5.74, 6) is 0.410. The second-order valence-corrected chi connectivity index (χ2v) is 3.35. The van der Waals surface area contributed by atoms with Gasteiger partial charge in [-0.3, -0.25) is 0 Å². The Kier molecular flexibility index (Phi) is 2.70. The van der Waals surface area contributed by atoms with Gasteiger partial charge in [0.05, 0.1) is 10.7 Å². The normalized spacial score (nSPS) is 9.82. The molecule has 0 aliphatic heterocycles. The Morgan fingerprint density at radius 3 is 2.55 bits per heavy atom.